The molecule has 0 spiro atoms. The molecule has 1 aromatic heterocycles. The van der Waals surface area contributed by atoms with Gasteiger partial charge in [0.1, 0.15) is 5.82 Å². The van der Waals surface area contributed by atoms with E-state index in [1.165, 1.54) is 23.5 Å². The molecule has 0 unspecified atom stereocenters. The second kappa shape index (κ2) is 5.34. The van der Waals surface area contributed by atoms with E-state index in [1.54, 1.807) is 17.0 Å². The molecule has 3 rings (SSSR count). The Hall–Kier alpha value is -1.72. The lowest BCUT2D eigenvalue weighted by molar-refractivity contribution is 0.0795. The monoisotopic (exact) mass is 290 g/mol. The zero-order valence-electron chi connectivity index (χ0n) is 10.9. The number of carbonyl (C=O) groups excluding carboxylic acids is 1. The first-order valence-corrected chi connectivity index (χ1v) is 7.36. The molecule has 1 fully saturated rings. The Labute approximate surface area is 120 Å². The van der Waals surface area contributed by atoms with Gasteiger partial charge >= 0.3 is 0 Å². The van der Waals surface area contributed by atoms with E-state index in [1.807, 2.05) is 12.1 Å². The number of rotatable bonds is 2. The van der Waals surface area contributed by atoms with Gasteiger partial charge in [0.05, 0.1) is 4.88 Å². The van der Waals surface area contributed by atoms with Gasteiger partial charge in [-0.15, -0.1) is 11.3 Å². The molecule has 1 aliphatic heterocycles. The van der Waals surface area contributed by atoms with Gasteiger partial charge < -0.3 is 10.6 Å². The summed E-state index contributed by atoms with van der Waals surface area (Å²) in [6.07, 6.45) is 0.863. The molecule has 0 saturated carbocycles. The number of carbonyl (C=O) groups is 1. The summed E-state index contributed by atoms with van der Waals surface area (Å²) in [5.74, 6) is -0.219. The van der Waals surface area contributed by atoms with Crippen LogP contribution < -0.4 is 5.73 Å². The first kappa shape index (κ1) is 13.3. The van der Waals surface area contributed by atoms with E-state index < -0.39 is 0 Å². The van der Waals surface area contributed by atoms with Crippen LogP contribution in [0.3, 0.4) is 0 Å². The molecule has 2 heterocycles. The molecule has 1 atom stereocenters. The van der Waals surface area contributed by atoms with Crippen molar-refractivity contribution in [2.24, 2.45) is 5.73 Å². The zero-order valence-corrected chi connectivity index (χ0v) is 11.7. The minimum Gasteiger partial charge on any atom is -0.336 e. The largest absolute Gasteiger partial charge is 0.336 e. The first-order valence-electron chi connectivity index (χ1n) is 6.54. The summed E-state index contributed by atoms with van der Waals surface area (Å²) in [4.78, 5) is 15.8. The number of likely N-dealkylation sites (tertiary alicyclic amines) is 1. The summed E-state index contributed by atoms with van der Waals surface area (Å²) < 4.78 is 12.9. The summed E-state index contributed by atoms with van der Waals surface area (Å²) in [5.41, 5.74) is 6.75. The third kappa shape index (κ3) is 2.59. The SMILES string of the molecule is N[C@@H]1CCN(C(=O)c2ccc(-c3ccc(F)cc3)s2)C1. The van der Waals surface area contributed by atoms with Crippen LogP contribution in [0.1, 0.15) is 16.1 Å². The number of amides is 1. The van der Waals surface area contributed by atoms with Crippen LogP contribution in [0.4, 0.5) is 4.39 Å². The van der Waals surface area contributed by atoms with Crippen molar-refractivity contribution in [3.05, 3.63) is 47.1 Å². The lowest BCUT2D eigenvalue weighted by Crippen LogP contribution is -2.31. The predicted octanol–water partition coefficient (Wildman–Crippen LogP) is 2.73. The second-order valence-corrected chi connectivity index (χ2v) is 6.05. The van der Waals surface area contributed by atoms with Crippen molar-refractivity contribution in [1.82, 2.24) is 4.90 Å². The van der Waals surface area contributed by atoms with Gasteiger partial charge in [-0.05, 0) is 36.2 Å². The molecule has 1 amide bonds. The van der Waals surface area contributed by atoms with Crippen molar-refractivity contribution in [2.75, 3.05) is 13.1 Å². The van der Waals surface area contributed by atoms with Gasteiger partial charge in [0.25, 0.3) is 5.91 Å². The minimum absolute atomic E-state index is 0.0383. The quantitative estimate of drug-likeness (QED) is 0.924. The smallest absolute Gasteiger partial charge is 0.263 e. The van der Waals surface area contributed by atoms with Gasteiger partial charge in [-0.3, -0.25) is 4.79 Å². The van der Waals surface area contributed by atoms with E-state index in [4.69, 9.17) is 5.73 Å². The van der Waals surface area contributed by atoms with Crippen molar-refractivity contribution in [1.29, 1.82) is 0 Å². The number of hydrogen-bond donors (Lipinski definition) is 1. The zero-order chi connectivity index (χ0) is 14.1. The molecule has 0 radical (unpaired) electrons. The van der Waals surface area contributed by atoms with Crippen molar-refractivity contribution < 1.29 is 9.18 Å². The number of thiophene rings is 1. The summed E-state index contributed by atoms with van der Waals surface area (Å²) in [5, 5.41) is 0. The third-order valence-corrected chi connectivity index (χ3v) is 4.58. The molecule has 1 aromatic carbocycles. The highest BCUT2D eigenvalue weighted by molar-refractivity contribution is 7.17. The van der Waals surface area contributed by atoms with E-state index in [2.05, 4.69) is 0 Å². The maximum Gasteiger partial charge on any atom is 0.263 e. The van der Waals surface area contributed by atoms with Crippen LogP contribution >= 0.6 is 11.3 Å². The van der Waals surface area contributed by atoms with Crippen molar-refractivity contribution in [3.8, 4) is 10.4 Å². The van der Waals surface area contributed by atoms with Crippen LogP contribution in [0.15, 0.2) is 36.4 Å². The highest BCUT2D eigenvalue weighted by Crippen LogP contribution is 2.29. The van der Waals surface area contributed by atoms with Gasteiger partial charge in [0, 0.05) is 24.0 Å². The Bertz CT molecular complexity index is 623. The Kier molecular flexibility index (Phi) is 3.54. The van der Waals surface area contributed by atoms with E-state index in [9.17, 15) is 9.18 Å². The number of nitrogens with zero attached hydrogens (tertiary/aromatic N) is 1. The molecular weight excluding hydrogens is 275 g/mol. The van der Waals surface area contributed by atoms with E-state index in [-0.39, 0.29) is 17.8 Å². The molecule has 104 valence electrons. The number of nitrogens with two attached hydrogens (primary N) is 1. The number of hydrogen-bond acceptors (Lipinski definition) is 3. The standard InChI is InChI=1S/C15H15FN2OS/c16-11-3-1-10(2-4-11)13-5-6-14(20-13)15(19)18-8-7-12(17)9-18/h1-6,12H,7-9,17H2/t12-/m1/s1. The van der Waals surface area contributed by atoms with E-state index >= 15 is 0 Å². The number of halogens is 1. The molecule has 0 aliphatic carbocycles. The summed E-state index contributed by atoms with van der Waals surface area (Å²) in [7, 11) is 0. The van der Waals surface area contributed by atoms with Gasteiger partial charge in [0.15, 0.2) is 0 Å². The molecule has 20 heavy (non-hydrogen) atoms. The summed E-state index contributed by atoms with van der Waals surface area (Å²) >= 11 is 1.43. The van der Waals surface area contributed by atoms with Crippen LogP contribution in [0, 0.1) is 5.82 Å². The summed E-state index contributed by atoms with van der Waals surface area (Å²) in [6.45, 7) is 1.35. The molecule has 3 nitrogen and oxygen atoms in total. The topological polar surface area (TPSA) is 46.3 Å². The van der Waals surface area contributed by atoms with Crippen LogP contribution in [-0.4, -0.2) is 29.9 Å². The van der Waals surface area contributed by atoms with Crippen LogP contribution in [0.25, 0.3) is 10.4 Å². The Morgan fingerprint density at radius 2 is 2.00 bits per heavy atom. The van der Waals surface area contributed by atoms with Crippen LogP contribution in [-0.2, 0) is 0 Å². The highest BCUT2D eigenvalue weighted by Gasteiger charge is 2.25. The highest BCUT2D eigenvalue weighted by atomic mass is 32.1. The Morgan fingerprint density at radius 3 is 2.65 bits per heavy atom. The van der Waals surface area contributed by atoms with Gasteiger partial charge in [-0.25, -0.2) is 4.39 Å². The molecule has 5 heteroatoms. The van der Waals surface area contributed by atoms with Gasteiger partial charge in [0.2, 0.25) is 0 Å². The Balaban J connectivity index is 1.79. The predicted molar refractivity (Wildman–Crippen MR) is 78.2 cm³/mol. The lowest BCUT2D eigenvalue weighted by Gasteiger charge is -2.14. The van der Waals surface area contributed by atoms with Crippen molar-refractivity contribution in [3.63, 3.8) is 0 Å². The third-order valence-electron chi connectivity index (χ3n) is 3.46. The fourth-order valence-electron chi connectivity index (χ4n) is 2.35. The molecule has 1 saturated heterocycles. The fraction of sp³-hybridized carbons (Fsp3) is 0.267. The second-order valence-electron chi connectivity index (χ2n) is 4.97. The minimum atomic E-state index is -0.257. The first-order chi connectivity index (χ1) is 9.63. The fourth-order valence-corrected chi connectivity index (χ4v) is 3.33. The van der Waals surface area contributed by atoms with Crippen LogP contribution in [0.2, 0.25) is 0 Å². The number of benzene rings is 1. The maximum absolute atomic E-state index is 12.9. The van der Waals surface area contributed by atoms with Crippen molar-refractivity contribution >= 4 is 17.2 Å². The van der Waals surface area contributed by atoms with Gasteiger partial charge in [-0.2, -0.15) is 0 Å². The van der Waals surface area contributed by atoms with Gasteiger partial charge in [-0.1, -0.05) is 12.1 Å². The Morgan fingerprint density at radius 1 is 1.25 bits per heavy atom. The molecule has 0 bridgehead atoms. The van der Waals surface area contributed by atoms with E-state index in [0.717, 1.165) is 23.4 Å². The molecule has 1 aliphatic rings. The summed E-state index contributed by atoms with van der Waals surface area (Å²) in [6, 6.07) is 10.1. The molecular formula is C15H15FN2OS. The molecule has 2 aromatic rings. The average Bonchev–Trinajstić information content (AvgIpc) is 3.08. The van der Waals surface area contributed by atoms with Crippen LogP contribution in [0.5, 0.6) is 0 Å². The average molecular weight is 290 g/mol. The lowest BCUT2D eigenvalue weighted by atomic mass is 10.2. The normalized spacial score (nSPS) is 18.5. The maximum atomic E-state index is 12.9. The van der Waals surface area contributed by atoms with Crippen molar-refractivity contribution in [2.45, 2.75) is 12.5 Å². The molecule has 2 N–H and O–H groups in total. The van der Waals surface area contributed by atoms with E-state index in [0.29, 0.717) is 11.4 Å².